The molecule has 5 nitrogen and oxygen atoms in total. The maximum absolute atomic E-state index is 10.5. The first kappa shape index (κ1) is 11.2. The monoisotopic (exact) mass is 208 g/mol. The van der Waals surface area contributed by atoms with Gasteiger partial charge >= 0.3 is 5.97 Å². The van der Waals surface area contributed by atoms with Crippen LogP contribution in [0.2, 0.25) is 0 Å². The molecular weight excluding hydrogens is 196 g/mol. The van der Waals surface area contributed by atoms with Crippen molar-refractivity contribution in [1.29, 1.82) is 0 Å². The van der Waals surface area contributed by atoms with Gasteiger partial charge in [0, 0.05) is 0 Å². The summed E-state index contributed by atoms with van der Waals surface area (Å²) in [5.41, 5.74) is 2.39. The Labute approximate surface area is 87.3 Å². The van der Waals surface area contributed by atoms with Gasteiger partial charge in [0.05, 0.1) is 11.0 Å². The summed E-state index contributed by atoms with van der Waals surface area (Å²) in [6, 6.07) is 5.33. The smallest absolute Gasteiger partial charge is 0.325 e. The zero-order chi connectivity index (χ0) is 11.4. The van der Waals surface area contributed by atoms with Crippen LogP contribution < -0.4 is 5.01 Å². The maximum Gasteiger partial charge on any atom is 0.325 e. The van der Waals surface area contributed by atoms with Gasteiger partial charge in [0.2, 0.25) is 0 Å². The summed E-state index contributed by atoms with van der Waals surface area (Å²) in [4.78, 5) is 21.0. The van der Waals surface area contributed by atoms with Crippen molar-refractivity contribution in [1.82, 2.24) is 0 Å². The third kappa shape index (κ3) is 2.52. The number of aryl methyl sites for hydroxylation is 1. The number of nitroso groups, excluding NO2 is 1. The molecule has 0 fully saturated rings. The van der Waals surface area contributed by atoms with E-state index < -0.39 is 12.5 Å². The van der Waals surface area contributed by atoms with E-state index in [0.29, 0.717) is 5.69 Å². The van der Waals surface area contributed by atoms with Crippen molar-refractivity contribution < 1.29 is 9.90 Å². The van der Waals surface area contributed by atoms with Crippen LogP contribution in [0.5, 0.6) is 0 Å². The highest BCUT2D eigenvalue weighted by Gasteiger charge is 2.13. The highest BCUT2D eigenvalue weighted by Crippen LogP contribution is 2.22. The van der Waals surface area contributed by atoms with Crippen LogP contribution in [0.25, 0.3) is 0 Å². The van der Waals surface area contributed by atoms with Crippen molar-refractivity contribution in [3.63, 3.8) is 0 Å². The zero-order valence-electron chi connectivity index (χ0n) is 8.60. The second kappa shape index (κ2) is 4.54. The summed E-state index contributed by atoms with van der Waals surface area (Å²) >= 11 is 0. The Morgan fingerprint density at radius 1 is 1.47 bits per heavy atom. The van der Waals surface area contributed by atoms with Gasteiger partial charge in [-0.1, -0.05) is 12.1 Å². The van der Waals surface area contributed by atoms with Crippen molar-refractivity contribution in [2.24, 2.45) is 5.29 Å². The first-order valence-corrected chi connectivity index (χ1v) is 4.45. The van der Waals surface area contributed by atoms with Gasteiger partial charge in [-0.3, -0.25) is 4.79 Å². The van der Waals surface area contributed by atoms with E-state index >= 15 is 0 Å². The summed E-state index contributed by atoms with van der Waals surface area (Å²) in [6.07, 6.45) is 0. The molecular formula is C10H12N2O3. The Bertz CT molecular complexity index is 390. The van der Waals surface area contributed by atoms with Gasteiger partial charge in [0.25, 0.3) is 0 Å². The molecule has 0 aliphatic rings. The number of carboxylic acids is 1. The second-order valence-electron chi connectivity index (χ2n) is 3.25. The molecule has 5 heteroatoms. The van der Waals surface area contributed by atoms with Crippen LogP contribution in [0.3, 0.4) is 0 Å². The van der Waals surface area contributed by atoms with Crippen LogP contribution in [0.15, 0.2) is 23.5 Å². The molecule has 1 rings (SSSR count). The molecule has 0 heterocycles. The Balaban J connectivity index is 3.06. The van der Waals surface area contributed by atoms with Crippen LogP contribution in [-0.4, -0.2) is 17.6 Å². The van der Waals surface area contributed by atoms with Crippen molar-refractivity contribution in [3.8, 4) is 0 Å². The van der Waals surface area contributed by atoms with Gasteiger partial charge in [-0.15, -0.1) is 4.91 Å². The van der Waals surface area contributed by atoms with E-state index in [-0.39, 0.29) is 0 Å². The number of hydrogen-bond donors (Lipinski definition) is 1. The fraction of sp³-hybridized carbons (Fsp3) is 0.300. The first-order chi connectivity index (χ1) is 7.06. The van der Waals surface area contributed by atoms with Gasteiger partial charge in [0.1, 0.15) is 6.54 Å². The molecule has 1 aromatic carbocycles. The number of benzene rings is 1. The molecule has 0 spiro atoms. The predicted octanol–water partition coefficient (Wildman–Crippen LogP) is 1.88. The molecule has 0 aliphatic carbocycles. The number of anilines is 1. The van der Waals surface area contributed by atoms with Gasteiger partial charge in [-0.05, 0) is 31.0 Å². The molecule has 0 saturated carbocycles. The highest BCUT2D eigenvalue weighted by molar-refractivity contribution is 5.74. The first-order valence-electron chi connectivity index (χ1n) is 4.45. The summed E-state index contributed by atoms with van der Waals surface area (Å²) in [7, 11) is 0. The number of aliphatic carboxylic acids is 1. The molecule has 0 aromatic heterocycles. The molecule has 0 amide bonds. The van der Waals surface area contributed by atoms with Gasteiger partial charge < -0.3 is 5.11 Å². The Kier molecular flexibility index (Phi) is 3.38. The summed E-state index contributed by atoms with van der Waals surface area (Å²) < 4.78 is 0. The highest BCUT2D eigenvalue weighted by atomic mass is 16.4. The van der Waals surface area contributed by atoms with Gasteiger partial charge in [-0.25, -0.2) is 5.01 Å². The molecule has 0 saturated heterocycles. The molecule has 0 unspecified atom stereocenters. The van der Waals surface area contributed by atoms with E-state index in [0.717, 1.165) is 16.1 Å². The topological polar surface area (TPSA) is 70.0 Å². The fourth-order valence-electron chi connectivity index (χ4n) is 1.30. The van der Waals surface area contributed by atoms with Crippen molar-refractivity contribution in [2.45, 2.75) is 13.8 Å². The zero-order valence-corrected chi connectivity index (χ0v) is 8.60. The number of carboxylic acid groups (broad SMARTS) is 1. The van der Waals surface area contributed by atoms with Crippen molar-refractivity contribution in [2.75, 3.05) is 11.6 Å². The van der Waals surface area contributed by atoms with Gasteiger partial charge in [0.15, 0.2) is 0 Å². The lowest BCUT2D eigenvalue weighted by Gasteiger charge is -2.16. The van der Waals surface area contributed by atoms with Crippen LogP contribution in [0.1, 0.15) is 11.1 Å². The average Bonchev–Trinajstić information content (AvgIpc) is 2.19. The number of hydrogen-bond acceptors (Lipinski definition) is 3. The normalized spacial score (nSPS) is 9.73. The molecule has 80 valence electrons. The summed E-state index contributed by atoms with van der Waals surface area (Å²) in [5.74, 6) is -1.09. The van der Waals surface area contributed by atoms with Crippen LogP contribution in [0.4, 0.5) is 5.69 Å². The summed E-state index contributed by atoms with van der Waals surface area (Å²) in [5, 5.41) is 12.2. The molecule has 0 bridgehead atoms. The minimum atomic E-state index is -1.09. The Hall–Kier alpha value is -1.91. The SMILES string of the molecule is Cc1cccc(N(CC(=O)O)N=O)c1C. The van der Waals surface area contributed by atoms with E-state index in [1.165, 1.54) is 0 Å². The van der Waals surface area contributed by atoms with Crippen LogP contribution in [-0.2, 0) is 4.79 Å². The standard InChI is InChI=1S/C10H12N2O3/c1-7-4-3-5-9(8(7)2)12(11-15)6-10(13)14/h3-5H,6H2,1-2H3,(H,13,14). The minimum absolute atomic E-state index is 0.423. The molecule has 1 N–H and O–H groups in total. The minimum Gasteiger partial charge on any atom is -0.480 e. The van der Waals surface area contributed by atoms with Crippen LogP contribution >= 0.6 is 0 Å². The number of rotatable bonds is 4. The third-order valence-electron chi connectivity index (χ3n) is 2.24. The van der Waals surface area contributed by atoms with E-state index in [1.807, 2.05) is 19.9 Å². The molecule has 0 radical (unpaired) electrons. The predicted molar refractivity (Wildman–Crippen MR) is 56.7 cm³/mol. The molecule has 0 aliphatic heterocycles. The maximum atomic E-state index is 10.5. The lowest BCUT2D eigenvalue weighted by atomic mass is 10.1. The lowest BCUT2D eigenvalue weighted by Crippen LogP contribution is -2.24. The fourth-order valence-corrected chi connectivity index (χ4v) is 1.30. The number of carbonyl (C=O) groups is 1. The second-order valence-corrected chi connectivity index (χ2v) is 3.25. The largest absolute Gasteiger partial charge is 0.480 e. The third-order valence-corrected chi connectivity index (χ3v) is 2.24. The van der Waals surface area contributed by atoms with E-state index in [9.17, 15) is 9.70 Å². The van der Waals surface area contributed by atoms with Crippen LogP contribution in [0, 0.1) is 18.8 Å². The summed E-state index contributed by atoms with van der Waals surface area (Å²) in [6.45, 7) is 3.29. The molecule has 1 aromatic rings. The lowest BCUT2D eigenvalue weighted by molar-refractivity contribution is -0.135. The van der Waals surface area contributed by atoms with Crippen molar-refractivity contribution in [3.05, 3.63) is 34.2 Å². The molecule has 0 atom stereocenters. The Morgan fingerprint density at radius 3 is 2.67 bits per heavy atom. The molecule has 15 heavy (non-hydrogen) atoms. The van der Waals surface area contributed by atoms with Crippen molar-refractivity contribution >= 4 is 11.7 Å². The van der Waals surface area contributed by atoms with E-state index in [4.69, 9.17) is 5.11 Å². The number of nitrogens with zero attached hydrogens (tertiary/aromatic N) is 2. The van der Waals surface area contributed by atoms with E-state index in [1.54, 1.807) is 12.1 Å². The Morgan fingerprint density at radius 2 is 2.13 bits per heavy atom. The van der Waals surface area contributed by atoms with Gasteiger partial charge in [-0.2, -0.15) is 0 Å². The average molecular weight is 208 g/mol. The van der Waals surface area contributed by atoms with E-state index in [2.05, 4.69) is 5.29 Å². The quantitative estimate of drug-likeness (QED) is 0.605.